The SMILES string of the molecule is O=C(Cc1ccc(F)cc1)N1CCN(c2ccc(Nc3ccccn3)nn2)CC1. The van der Waals surface area contributed by atoms with E-state index in [0.717, 1.165) is 11.4 Å². The van der Waals surface area contributed by atoms with Gasteiger partial charge in [-0.25, -0.2) is 9.37 Å². The standard InChI is InChI=1S/C21H21FN6O/c22-17-6-4-16(5-7-17)15-21(29)28-13-11-27(12-14-28)20-9-8-19(25-26-20)24-18-3-1-2-10-23-18/h1-10H,11-15H2,(H,23,24,25). The molecule has 0 atom stereocenters. The number of carbonyl (C=O) groups excluding carboxylic acids is 1. The second kappa shape index (κ2) is 8.64. The monoisotopic (exact) mass is 392 g/mol. The van der Waals surface area contributed by atoms with Gasteiger partial charge in [0.25, 0.3) is 0 Å². The summed E-state index contributed by atoms with van der Waals surface area (Å²) >= 11 is 0. The third kappa shape index (κ3) is 4.84. The number of amides is 1. The van der Waals surface area contributed by atoms with Crippen molar-refractivity contribution >= 4 is 23.4 Å². The molecule has 1 aliphatic rings. The third-order valence-corrected chi connectivity index (χ3v) is 4.80. The molecule has 4 rings (SSSR count). The summed E-state index contributed by atoms with van der Waals surface area (Å²) in [6.45, 7) is 2.62. The predicted molar refractivity (Wildman–Crippen MR) is 108 cm³/mol. The van der Waals surface area contributed by atoms with Crippen LogP contribution in [0, 0.1) is 5.82 Å². The molecule has 8 heteroatoms. The van der Waals surface area contributed by atoms with Crippen LogP contribution in [0.4, 0.5) is 21.8 Å². The number of nitrogens with zero attached hydrogens (tertiary/aromatic N) is 5. The van der Waals surface area contributed by atoms with E-state index in [1.807, 2.05) is 35.2 Å². The zero-order valence-electron chi connectivity index (χ0n) is 15.8. The third-order valence-electron chi connectivity index (χ3n) is 4.80. The lowest BCUT2D eigenvalue weighted by Crippen LogP contribution is -2.49. The van der Waals surface area contributed by atoms with Crippen LogP contribution in [-0.4, -0.2) is 52.2 Å². The van der Waals surface area contributed by atoms with Crippen molar-refractivity contribution in [3.63, 3.8) is 0 Å². The lowest BCUT2D eigenvalue weighted by molar-refractivity contribution is -0.130. The van der Waals surface area contributed by atoms with E-state index < -0.39 is 0 Å². The van der Waals surface area contributed by atoms with E-state index in [9.17, 15) is 9.18 Å². The van der Waals surface area contributed by atoms with Crippen LogP contribution in [0.2, 0.25) is 0 Å². The summed E-state index contributed by atoms with van der Waals surface area (Å²) in [5, 5.41) is 11.6. The Morgan fingerprint density at radius 3 is 2.38 bits per heavy atom. The molecule has 1 aromatic carbocycles. The van der Waals surface area contributed by atoms with Gasteiger partial charge in [-0.2, -0.15) is 0 Å². The second-order valence-corrected chi connectivity index (χ2v) is 6.79. The quantitative estimate of drug-likeness (QED) is 0.720. The van der Waals surface area contributed by atoms with Gasteiger partial charge in [-0.3, -0.25) is 4.79 Å². The van der Waals surface area contributed by atoms with Gasteiger partial charge < -0.3 is 15.1 Å². The number of halogens is 1. The molecule has 1 fully saturated rings. The molecule has 2 aromatic heterocycles. The Balaban J connectivity index is 1.30. The molecular weight excluding hydrogens is 371 g/mol. The van der Waals surface area contributed by atoms with Gasteiger partial charge >= 0.3 is 0 Å². The minimum atomic E-state index is -0.294. The summed E-state index contributed by atoms with van der Waals surface area (Å²) in [5.74, 6) is 1.88. The van der Waals surface area contributed by atoms with Crippen molar-refractivity contribution in [3.05, 3.63) is 72.2 Å². The Morgan fingerprint density at radius 2 is 1.72 bits per heavy atom. The summed E-state index contributed by atoms with van der Waals surface area (Å²) in [6.07, 6.45) is 1.99. The van der Waals surface area contributed by atoms with Crippen LogP contribution >= 0.6 is 0 Å². The second-order valence-electron chi connectivity index (χ2n) is 6.79. The molecule has 7 nitrogen and oxygen atoms in total. The van der Waals surface area contributed by atoms with Crippen LogP contribution in [-0.2, 0) is 11.2 Å². The molecule has 0 saturated carbocycles. The fourth-order valence-electron chi connectivity index (χ4n) is 3.20. The molecule has 0 radical (unpaired) electrons. The predicted octanol–water partition coefficient (Wildman–Crippen LogP) is 2.65. The molecule has 0 bridgehead atoms. The first-order chi connectivity index (χ1) is 14.2. The lowest BCUT2D eigenvalue weighted by atomic mass is 10.1. The maximum absolute atomic E-state index is 13.0. The fourth-order valence-corrected chi connectivity index (χ4v) is 3.20. The first-order valence-corrected chi connectivity index (χ1v) is 9.46. The Hall–Kier alpha value is -3.55. The number of carbonyl (C=O) groups is 1. The van der Waals surface area contributed by atoms with Crippen molar-refractivity contribution in [2.24, 2.45) is 0 Å². The number of benzene rings is 1. The highest BCUT2D eigenvalue weighted by Gasteiger charge is 2.22. The summed E-state index contributed by atoms with van der Waals surface area (Å²) in [7, 11) is 0. The summed E-state index contributed by atoms with van der Waals surface area (Å²) < 4.78 is 13.0. The average molecular weight is 392 g/mol. The van der Waals surface area contributed by atoms with Crippen LogP contribution in [0.3, 0.4) is 0 Å². The first kappa shape index (κ1) is 18.8. The van der Waals surface area contributed by atoms with Crippen molar-refractivity contribution in [1.29, 1.82) is 0 Å². The van der Waals surface area contributed by atoms with Gasteiger partial charge in [0.05, 0.1) is 6.42 Å². The Morgan fingerprint density at radius 1 is 0.931 bits per heavy atom. The first-order valence-electron chi connectivity index (χ1n) is 9.46. The number of hydrogen-bond donors (Lipinski definition) is 1. The minimum Gasteiger partial charge on any atom is -0.352 e. The molecular formula is C21H21FN6O. The van der Waals surface area contributed by atoms with Crippen LogP contribution in [0.1, 0.15) is 5.56 Å². The topological polar surface area (TPSA) is 74.2 Å². The highest BCUT2D eigenvalue weighted by atomic mass is 19.1. The van der Waals surface area contributed by atoms with Crippen LogP contribution in [0.15, 0.2) is 60.8 Å². The van der Waals surface area contributed by atoms with Crippen molar-refractivity contribution in [2.75, 3.05) is 36.4 Å². The molecule has 0 spiro atoms. The van der Waals surface area contributed by atoms with E-state index in [-0.39, 0.29) is 18.1 Å². The van der Waals surface area contributed by atoms with Crippen molar-refractivity contribution in [3.8, 4) is 0 Å². The van der Waals surface area contributed by atoms with Crippen molar-refractivity contribution < 1.29 is 9.18 Å². The van der Waals surface area contributed by atoms with Crippen LogP contribution < -0.4 is 10.2 Å². The molecule has 0 aliphatic carbocycles. The van der Waals surface area contributed by atoms with E-state index in [0.29, 0.717) is 37.8 Å². The van der Waals surface area contributed by atoms with Gasteiger partial charge in [-0.05, 0) is 42.0 Å². The van der Waals surface area contributed by atoms with Crippen LogP contribution in [0.5, 0.6) is 0 Å². The number of hydrogen-bond acceptors (Lipinski definition) is 6. The normalized spacial score (nSPS) is 14.0. The van der Waals surface area contributed by atoms with Gasteiger partial charge in [0.2, 0.25) is 5.91 Å². The number of rotatable bonds is 5. The molecule has 1 saturated heterocycles. The van der Waals surface area contributed by atoms with Crippen LogP contribution in [0.25, 0.3) is 0 Å². The van der Waals surface area contributed by atoms with E-state index in [1.165, 1.54) is 12.1 Å². The number of pyridine rings is 1. The Kier molecular flexibility index (Phi) is 5.60. The van der Waals surface area contributed by atoms with Gasteiger partial charge in [-0.1, -0.05) is 18.2 Å². The molecule has 1 N–H and O–H groups in total. The molecule has 3 aromatic rings. The number of piperazine rings is 1. The lowest BCUT2D eigenvalue weighted by Gasteiger charge is -2.35. The number of aromatic nitrogens is 3. The summed E-state index contributed by atoms with van der Waals surface area (Å²) in [5.41, 5.74) is 0.820. The highest BCUT2D eigenvalue weighted by Crippen LogP contribution is 2.17. The van der Waals surface area contributed by atoms with E-state index in [2.05, 4.69) is 25.4 Å². The zero-order valence-corrected chi connectivity index (χ0v) is 15.8. The fraction of sp³-hybridized carbons (Fsp3) is 0.238. The number of nitrogens with one attached hydrogen (secondary N) is 1. The van der Waals surface area contributed by atoms with E-state index in [1.54, 1.807) is 18.3 Å². The molecule has 148 valence electrons. The largest absolute Gasteiger partial charge is 0.352 e. The highest BCUT2D eigenvalue weighted by molar-refractivity contribution is 5.79. The minimum absolute atomic E-state index is 0.0530. The zero-order chi connectivity index (χ0) is 20.1. The van der Waals surface area contributed by atoms with Crippen molar-refractivity contribution in [1.82, 2.24) is 20.1 Å². The smallest absolute Gasteiger partial charge is 0.227 e. The summed E-state index contributed by atoms with van der Waals surface area (Å²) in [6, 6.07) is 15.4. The van der Waals surface area contributed by atoms with E-state index in [4.69, 9.17) is 0 Å². The number of anilines is 3. The molecule has 3 heterocycles. The maximum atomic E-state index is 13.0. The van der Waals surface area contributed by atoms with Gasteiger partial charge in [0.1, 0.15) is 11.6 Å². The average Bonchev–Trinajstić information content (AvgIpc) is 2.77. The van der Waals surface area contributed by atoms with Crippen molar-refractivity contribution in [2.45, 2.75) is 6.42 Å². The van der Waals surface area contributed by atoms with Gasteiger partial charge in [-0.15, -0.1) is 10.2 Å². The summed E-state index contributed by atoms with van der Waals surface area (Å²) in [4.78, 5) is 20.6. The molecule has 29 heavy (non-hydrogen) atoms. The van der Waals surface area contributed by atoms with Gasteiger partial charge in [0.15, 0.2) is 11.6 Å². The maximum Gasteiger partial charge on any atom is 0.227 e. The Bertz CT molecular complexity index is 941. The molecule has 0 unspecified atom stereocenters. The Labute approximate surface area is 168 Å². The molecule has 1 aliphatic heterocycles. The van der Waals surface area contributed by atoms with Gasteiger partial charge in [0, 0.05) is 32.4 Å². The molecule has 1 amide bonds. The van der Waals surface area contributed by atoms with E-state index >= 15 is 0 Å².